The van der Waals surface area contributed by atoms with E-state index in [1.807, 2.05) is 17.5 Å². The molecule has 2 aromatic heterocycles. The fourth-order valence-corrected chi connectivity index (χ4v) is 4.21. The summed E-state index contributed by atoms with van der Waals surface area (Å²) in [5.41, 5.74) is 0.0131. The maximum atomic E-state index is 12.0. The molecule has 112 valence electrons. The van der Waals surface area contributed by atoms with Crippen LogP contribution in [-0.4, -0.2) is 25.8 Å². The summed E-state index contributed by atoms with van der Waals surface area (Å²) in [4.78, 5) is 13.4. The lowest BCUT2D eigenvalue weighted by Crippen LogP contribution is -2.45. The first-order valence-corrected chi connectivity index (χ1v) is 8.75. The van der Waals surface area contributed by atoms with Crippen LogP contribution in [0.1, 0.15) is 17.7 Å². The smallest absolute Gasteiger partial charge is 0.319 e. The second-order valence-electron chi connectivity index (χ2n) is 5.15. The zero-order valence-corrected chi connectivity index (χ0v) is 13.3. The summed E-state index contributed by atoms with van der Waals surface area (Å²) >= 11 is 3.28. The second-order valence-corrected chi connectivity index (χ2v) is 7.05. The maximum Gasteiger partial charge on any atom is 0.319 e. The summed E-state index contributed by atoms with van der Waals surface area (Å²) in [7, 11) is 0. The molecule has 1 aliphatic heterocycles. The van der Waals surface area contributed by atoms with Crippen molar-refractivity contribution in [3.63, 3.8) is 0 Å². The van der Waals surface area contributed by atoms with Gasteiger partial charge in [0.1, 0.15) is 0 Å². The molecule has 0 unspecified atom stereocenters. The zero-order valence-electron chi connectivity index (χ0n) is 11.6. The van der Waals surface area contributed by atoms with Gasteiger partial charge in [0.05, 0.1) is 5.00 Å². The average Bonchev–Trinajstić information content (AvgIpc) is 3.19. The number of thiophene rings is 2. The molecule has 2 N–H and O–H groups in total. The Bertz CT molecular complexity index is 561. The van der Waals surface area contributed by atoms with Gasteiger partial charge in [0.2, 0.25) is 0 Å². The van der Waals surface area contributed by atoms with Crippen molar-refractivity contribution in [1.29, 1.82) is 0 Å². The Labute approximate surface area is 132 Å². The monoisotopic (exact) mass is 322 g/mol. The van der Waals surface area contributed by atoms with Gasteiger partial charge < -0.3 is 10.1 Å². The first-order chi connectivity index (χ1) is 10.3. The van der Waals surface area contributed by atoms with Crippen LogP contribution in [0.3, 0.4) is 0 Å². The molecular weight excluding hydrogens is 304 g/mol. The van der Waals surface area contributed by atoms with E-state index in [2.05, 4.69) is 28.1 Å². The number of nitrogens with one attached hydrogen (secondary N) is 2. The van der Waals surface area contributed by atoms with Crippen molar-refractivity contribution < 1.29 is 9.53 Å². The van der Waals surface area contributed by atoms with E-state index in [4.69, 9.17) is 4.74 Å². The molecular formula is C15H18N2O2S2. The summed E-state index contributed by atoms with van der Waals surface area (Å²) in [5, 5.41) is 10.8. The molecule has 0 radical (unpaired) electrons. The number of ether oxygens (including phenoxy) is 1. The van der Waals surface area contributed by atoms with E-state index >= 15 is 0 Å². The molecule has 21 heavy (non-hydrogen) atoms. The third-order valence-electron chi connectivity index (χ3n) is 3.84. The van der Waals surface area contributed by atoms with Gasteiger partial charge in [0.25, 0.3) is 0 Å². The van der Waals surface area contributed by atoms with Crippen LogP contribution < -0.4 is 10.6 Å². The molecule has 3 rings (SSSR count). The molecule has 0 bridgehead atoms. The van der Waals surface area contributed by atoms with E-state index in [9.17, 15) is 4.79 Å². The molecule has 2 amide bonds. The van der Waals surface area contributed by atoms with Gasteiger partial charge in [-0.15, -0.1) is 22.7 Å². The van der Waals surface area contributed by atoms with Crippen LogP contribution in [0.5, 0.6) is 0 Å². The summed E-state index contributed by atoms with van der Waals surface area (Å²) in [6.07, 6.45) is 1.90. The number of rotatable bonds is 4. The number of anilines is 1. The van der Waals surface area contributed by atoms with Gasteiger partial charge in [-0.05, 0) is 41.8 Å². The molecule has 1 fully saturated rings. The molecule has 1 saturated heterocycles. The van der Waals surface area contributed by atoms with Crippen molar-refractivity contribution >= 4 is 33.7 Å². The van der Waals surface area contributed by atoms with Crippen LogP contribution in [0.15, 0.2) is 35.0 Å². The van der Waals surface area contributed by atoms with E-state index in [0.29, 0.717) is 6.54 Å². The lowest BCUT2D eigenvalue weighted by atomic mass is 9.78. The van der Waals surface area contributed by atoms with E-state index in [1.165, 1.54) is 16.2 Å². The second kappa shape index (κ2) is 6.60. The van der Waals surface area contributed by atoms with Crippen LogP contribution in [0, 0.1) is 0 Å². The normalized spacial score (nSPS) is 17.3. The highest BCUT2D eigenvalue weighted by Gasteiger charge is 2.35. The Morgan fingerprint density at radius 1 is 1.19 bits per heavy atom. The van der Waals surface area contributed by atoms with Gasteiger partial charge in [-0.25, -0.2) is 4.79 Å². The Balaban J connectivity index is 1.64. The number of carbonyl (C=O) groups is 1. The third-order valence-corrected chi connectivity index (χ3v) is 5.74. The molecule has 2 aromatic rings. The first-order valence-electron chi connectivity index (χ1n) is 6.99. The molecule has 4 nitrogen and oxygen atoms in total. The van der Waals surface area contributed by atoms with Crippen LogP contribution in [-0.2, 0) is 10.2 Å². The summed E-state index contributed by atoms with van der Waals surface area (Å²) < 4.78 is 5.49. The van der Waals surface area contributed by atoms with Gasteiger partial charge in [-0.1, -0.05) is 6.07 Å². The Morgan fingerprint density at radius 2 is 1.95 bits per heavy atom. The lowest BCUT2D eigenvalue weighted by Gasteiger charge is -2.36. The highest BCUT2D eigenvalue weighted by Crippen LogP contribution is 2.36. The van der Waals surface area contributed by atoms with Crippen LogP contribution >= 0.6 is 22.7 Å². The number of urea groups is 1. The molecule has 3 heterocycles. The first kappa shape index (κ1) is 14.6. The Kier molecular flexibility index (Phi) is 4.57. The predicted molar refractivity (Wildman–Crippen MR) is 87.4 cm³/mol. The third kappa shape index (κ3) is 3.45. The quantitative estimate of drug-likeness (QED) is 0.902. The zero-order chi connectivity index (χ0) is 14.5. The van der Waals surface area contributed by atoms with Gasteiger partial charge in [-0.2, -0.15) is 0 Å². The minimum Gasteiger partial charge on any atom is -0.381 e. The van der Waals surface area contributed by atoms with Crippen LogP contribution in [0.4, 0.5) is 9.80 Å². The number of carbonyl (C=O) groups excluding carboxylic acids is 1. The molecule has 0 atom stereocenters. The summed E-state index contributed by atoms with van der Waals surface area (Å²) in [6.45, 7) is 2.16. The maximum absolute atomic E-state index is 12.0. The topological polar surface area (TPSA) is 50.4 Å². The van der Waals surface area contributed by atoms with E-state index in [0.717, 1.165) is 31.1 Å². The van der Waals surface area contributed by atoms with Gasteiger partial charge in [-0.3, -0.25) is 5.32 Å². The van der Waals surface area contributed by atoms with Gasteiger partial charge in [0, 0.05) is 30.1 Å². The van der Waals surface area contributed by atoms with Gasteiger partial charge in [0.15, 0.2) is 0 Å². The standard InChI is InChI=1S/C15H18N2O2S2/c18-14(17-13-4-2-10-21-13)16-11-15(5-7-19-8-6-15)12-3-1-9-20-12/h1-4,9-10H,5-8,11H2,(H2,16,17,18). The van der Waals surface area contributed by atoms with Crippen LogP contribution in [0.2, 0.25) is 0 Å². The minimum atomic E-state index is -0.139. The van der Waals surface area contributed by atoms with Crippen molar-refractivity contribution in [2.45, 2.75) is 18.3 Å². The highest BCUT2D eigenvalue weighted by atomic mass is 32.1. The summed E-state index contributed by atoms with van der Waals surface area (Å²) in [5.74, 6) is 0. The highest BCUT2D eigenvalue weighted by molar-refractivity contribution is 7.14. The minimum absolute atomic E-state index is 0.0131. The van der Waals surface area contributed by atoms with Crippen molar-refractivity contribution in [2.75, 3.05) is 25.1 Å². The van der Waals surface area contributed by atoms with Crippen LogP contribution in [0.25, 0.3) is 0 Å². The Morgan fingerprint density at radius 3 is 2.62 bits per heavy atom. The number of amides is 2. The van der Waals surface area contributed by atoms with Crippen molar-refractivity contribution in [1.82, 2.24) is 5.32 Å². The predicted octanol–water partition coefficient (Wildman–Crippen LogP) is 3.68. The molecule has 0 saturated carbocycles. The largest absolute Gasteiger partial charge is 0.381 e. The lowest BCUT2D eigenvalue weighted by molar-refractivity contribution is 0.0521. The number of hydrogen-bond donors (Lipinski definition) is 2. The molecule has 1 aliphatic rings. The molecule has 0 aliphatic carbocycles. The number of hydrogen-bond acceptors (Lipinski definition) is 4. The molecule has 0 spiro atoms. The van der Waals surface area contributed by atoms with Gasteiger partial charge >= 0.3 is 6.03 Å². The van der Waals surface area contributed by atoms with E-state index in [1.54, 1.807) is 11.3 Å². The Hall–Kier alpha value is -1.37. The fraction of sp³-hybridized carbons (Fsp3) is 0.400. The SMILES string of the molecule is O=C(NCC1(c2cccs2)CCOCC1)Nc1cccs1. The van der Waals surface area contributed by atoms with Crippen molar-refractivity contribution in [2.24, 2.45) is 0 Å². The fourth-order valence-electron chi connectivity index (χ4n) is 2.61. The summed E-state index contributed by atoms with van der Waals surface area (Å²) in [6, 6.07) is 7.91. The molecule has 6 heteroatoms. The van der Waals surface area contributed by atoms with Crippen molar-refractivity contribution in [3.05, 3.63) is 39.9 Å². The van der Waals surface area contributed by atoms with E-state index in [-0.39, 0.29) is 11.4 Å². The molecule has 0 aromatic carbocycles. The van der Waals surface area contributed by atoms with Crippen molar-refractivity contribution in [3.8, 4) is 0 Å². The average molecular weight is 322 g/mol. The van der Waals surface area contributed by atoms with E-state index < -0.39 is 0 Å².